The molecule has 0 saturated carbocycles. The molecular formula is C15H22ClN3O2. The number of carbonyl (C=O) groups is 1. The van der Waals surface area contributed by atoms with Gasteiger partial charge in [-0.1, -0.05) is 23.7 Å². The van der Waals surface area contributed by atoms with E-state index in [0.29, 0.717) is 5.02 Å². The van der Waals surface area contributed by atoms with Crippen molar-refractivity contribution in [3.05, 3.63) is 34.9 Å². The Bertz CT molecular complexity index is 478. The smallest absolute Gasteiger partial charge is 0.315 e. The van der Waals surface area contributed by atoms with E-state index in [1.165, 1.54) is 0 Å². The van der Waals surface area contributed by atoms with Crippen LogP contribution in [0.25, 0.3) is 0 Å². The second-order valence-electron chi connectivity index (χ2n) is 5.58. The van der Waals surface area contributed by atoms with Gasteiger partial charge in [0.15, 0.2) is 0 Å². The van der Waals surface area contributed by atoms with Crippen LogP contribution in [-0.2, 0) is 0 Å². The topological polar surface area (TPSA) is 64.6 Å². The van der Waals surface area contributed by atoms with Crippen LogP contribution in [0.5, 0.6) is 0 Å². The summed E-state index contributed by atoms with van der Waals surface area (Å²) >= 11 is 5.93. The first-order chi connectivity index (χ1) is 9.97. The molecule has 3 atom stereocenters. The van der Waals surface area contributed by atoms with Crippen molar-refractivity contribution in [3.8, 4) is 0 Å². The number of benzene rings is 1. The number of amides is 2. The van der Waals surface area contributed by atoms with E-state index < -0.39 is 6.10 Å². The summed E-state index contributed by atoms with van der Waals surface area (Å²) in [5.74, 6) is 0. The summed E-state index contributed by atoms with van der Waals surface area (Å²) < 4.78 is 0. The van der Waals surface area contributed by atoms with Gasteiger partial charge in [-0.15, -0.1) is 0 Å². The first-order valence-electron chi connectivity index (χ1n) is 7.15. The molecule has 3 N–H and O–H groups in total. The van der Waals surface area contributed by atoms with Crippen LogP contribution in [-0.4, -0.2) is 48.3 Å². The molecule has 116 valence electrons. The maximum absolute atomic E-state index is 11.9. The van der Waals surface area contributed by atoms with Gasteiger partial charge < -0.3 is 15.7 Å². The maximum Gasteiger partial charge on any atom is 0.315 e. The van der Waals surface area contributed by atoms with Crippen LogP contribution in [0.15, 0.2) is 24.3 Å². The lowest BCUT2D eigenvalue weighted by Gasteiger charge is -2.26. The van der Waals surface area contributed by atoms with Crippen molar-refractivity contribution in [1.82, 2.24) is 15.5 Å². The quantitative estimate of drug-likeness (QED) is 0.794. The predicted octanol–water partition coefficient (Wildman–Crippen LogP) is 1.77. The van der Waals surface area contributed by atoms with Crippen LogP contribution in [0.1, 0.15) is 24.9 Å². The third kappa shape index (κ3) is 4.33. The number of rotatable bonds is 4. The average molecular weight is 312 g/mol. The molecule has 1 aromatic rings. The zero-order chi connectivity index (χ0) is 15.4. The zero-order valence-electron chi connectivity index (χ0n) is 12.3. The summed E-state index contributed by atoms with van der Waals surface area (Å²) in [6, 6.07) is 7.68. The van der Waals surface area contributed by atoms with Crippen LogP contribution in [0, 0.1) is 0 Å². The molecule has 6 heteroatoms. The number of halogens is 1. The fraction of sp³-hybridized carbons (Fsp3) is 0.533. The molecule has 0 unspecified atom stereocenters. The van der Waals surface area contributed by atoms with Crippen LogP contribution >= 0.6 is 11.6 Å². The van der Waals surface area contributed by atoms with E-state index in [9.17, 15) is 9.90 Å². The Morgan fingerprint density at radius 3 is 2.76 bits per heavy atom. The van der Waals surface area contributed by atoms with Gasteiger partial charge in [-0.3, -0.25) is 4.90 Å². The highest BCUT2D eigenvalue weighted by molar-refractivity contribution is 6.30. The fourth-order valence-corrected chi connectivity index (χ4v) is 2.83. The summed E-state index contributed by atoms with van der Waals surface area (Å²) in [6.45, 7) is 2.81. The first kappa shape index (κ1) is 16.1. The number of aliphatic hydroxyl groups excluding tert-OH is 1. The number of nitrogens with zero attached hydrogens (tertiary/aromatic N) is 1. The van der Waals surface area contributed by atoms with Crippen LogP contribution in [0.2, 0.25) is 5.02 Å². The van der Waals surface area contributed by atoms with E-state index in [1.54, 1.807) is 6.92 Å². The average Bonchev–Trinajstić information content (AvgIpc) is 2.79. The van der Waals surface area contributed by atoms with Crippen LogP contribution in [0.4, 0.5) is 4.79 Å². The normalized spacial score (nSPS) is 23.8. The first-order valence-corrected chi connectivity index (χ1v) is 7.53. The Morgan fingerprint density at radius 1 is 1.48 bits per heavy atom. The molecule has 1 aromatic carbocycles. The minimum absolute atomic E-state index is 0.0465. The van der Waals surface area contributed by atoms with Crippen LogP contribution in [0.3, 0.4) is 0 Å². The number of likely N-dealkylation sites (N-methyl/N-ethyl adjacent to an activating group) is 1. The Labute approximate surface area is 130 Å². The molecule has 0 aliphatic carbocycles. The molecule has 2 amide bonds. The van der Waals surface area contributed by atoms with E-state index in [0.717, 1.165) is 18.5 Å². The Morgan fingerprint density at radius 2 is 2.14 bits per heavy atom. The molecule has 1 heterocycles. The molecule has 21 heavy (non-hydrogen) atoms. The minimum atomic E-state index is -0.547. The summed E-state index contributed by atoms with van der Waals surface area (Å²) in [5.41, 5.74) is 1.14. The predicted molar refractivity (Wildman–Crippen MR) is 83.4 cm³/mol. The molecule has 0 radical (unpaired) electrons. The van der Waals surface area contributed by atoms with E-state index in [-0.39, 0.29) is 24.7 Å². The highest BCUT2D eigenvalue weighted by Crippen LogP contribution is 2.31. The lowest BCUT2D eigenvalue weighted by molar-refractivity contribution is 0.185. The van der Waals surface area contributed by atoms with Crippen LogP contribution < -0.4 is 10.6 Å². The van der Waals surface area contributed by atoms with Gasteiger partial charge in [0, 0.05) is 18.1 Å². The lowest BCUT2D eigenvalue weighted by atomic mass is 10.0. The molecular weight excluding hydrogens is 290 g/mol. The van der Waals surface area contributed by atoms with Gasteiger partial charge in [0.2, 0.25) is 0 Å². The summed E-state index contributed by atoms with van der Waals surface area (Å²) in [4.78, 5) is 14.1. The van der Waals surface area contributed by atoms with E-state index in [1.807, 2.05) is 24.3 Å². The maximum atomic E-state index is 11.9. The molecule has 5 nitrogen and oxygen atoms in total. The lowest BCUT2D eigenvalue weighted by Crippen LogP contribution is -2.46. The molecule has 0 spiro atoms. The number of urea groups is 1. The zero-order valence-corrected chi connectivity index (χ0v) is 13.1. The van der Waals surface area contributed by atoms with Crippen molar-refractivity contribution < 1.29 is 9.90 Å². The number of carbonyl (C=O) groups excluding carboxylic acids is 1. The highest BCUT2D eigenvalue weighted by atomic mass is 35.5. The highest BCUT2D eigenvalue weighted by Gasteiger charge is 2.33. The summed E-state index contributed by atoms with van der Waals surface area (Å²) in [7, 11) is 2.05. The number of nitrogens with one attached hydrogen (secondary N) is 2. The molecule has 1 aliphatic heterocycles. The van der Waals surface area contributed by atoms with E-state index in [4.69, 9.17) is 11.6 Å². The molecule has 2 rings (SSSR count). The fourth-order valence-electron chi connectivity index (χ4n) is 2.70. The van der Waals surface area contributed by atoms with Gasteiger partial charge in [0.05, 0.1) is 18.2 Å². The Hall–Kier alpha value is -1.30. The third-order valence-electron chi connectivity index (χ3n) is 3.73. The Kier molecular flexibility index (Phi) is 5.45. The molecule has 1 saturated heterocycles. The molecule has 0 aromatic heterocycles. The second kappa shape index (κ2) is 7.11. The molecule has 1 fully saturated rings. The second-order valence-corrected chi connectivity index (χ2v) is 6.01. The number of hydrogen-bond acceptors (Lipinski definition) is 3. The Balaban J connectivity index is 2.01. The standard InChI is InChI=1S/C15H22ClN3O2/c1-10(20)9-17-15(21)18-13-7-8-19(2)14(13)11-3-5-12(16)6-4-11/h3-6,10,13-14,20H,7-9H2,1-2H3,(H2,17,18,21)/t10-,13-,14+/m1/s1. The van der Waals surface area contributed by atoms with E-state index >= 15 is 0 Å². The SMILES string of the molecule is C[C@@H](O)CNC(=O)N[C@@H]1CCN(C)[C@H]1c1ccc(Cl)cc1. The van der Waals surface area contributed by atoms with Crippen molar-refractivity contribution in [2.75, 3.05) is 20.1 Å². The van der Waals surface area contributed by atoms with Gasteiger partial charge >= 0.3 is 6.03 Å². The monoisotopic (exact) mass is 311 g/mol. The molecule has 0 bridgehead atoms. The van der Waals surface area contributed by atoms with Gasteiger partial charge in [-0.2, -0.15) is 0 Å². The van der Waals surface area contributed by atoms with Crippen molar-refractivity contribution >= 4 is 17.6 Å². The van der Waals surface area contributed by atoms with Gasteiger partial charge in [0.1, 0.15) is 0 Å². The van der Waals surface area contributed by atoms with E-state index in [2.05, 4.69) is 22.6 Å². The van der Waals surface area contributed by atoms with Crippen molar-refractivity contribution in [3.63, 3.8) is 0 Å². The number of aliphatic hydroxyl groups is 1. The summed E-state index contributed by atoms with van der Waals surface area (Å²) in [5, 5.41) is 15.6. The van der Waals surface area contributed by atoms with Gasteiger partial charge in [-0.05, 0) is 38.1 Å². The molecule has 1 aliphatic rings. The number of likely N-dealkylation sites (tertiary alicyclic amines) is 1. The van der Waals surface area contributed by atoms with Crippen molar-refractivity contribution in [1.29, 1.82) is 0 Å². The largest absolute Gasteiger partial charge is 0.392 e. The van der Waals surface area contributed by atoms with Crippen molar-refractivity contribution in [2.24, 2.45) is 0 Å². The van der Waals surface area contributed by atoms with Gasteiger partial charge in [0.25, 0.3) is 0 Å². The number of hydrogen-bond donors (Lipinski definition) is 3. The van der Waals surface area contributed by atoms with Crippen molar-refractivity contribution in [2.45, 2.75) is 31.5 Å². The third-order valence-corrected chi connectivity index (χ3v) is 3.99. The van der Waals surface area contributed by atoms with Gasteiger partial charge in [-0.25, -0.2) is 4.79 Å². The minimum Gasteiger partial charge on any atom is -0.392 e. The summed E-state index contributed by atoms with van der Waals surface area (Å²) in [6.07, 6.45) is 0.348.